The highest BCUT2D eigenvalue weighted by atomic mass is 19.1. The maximum absolute atomic E-state index is 13.2. The number of carbonyl (C=O) groups is 2. The second-order valence-corrected chi connectivity index (χ2v) is 4.18. The van der Waals surface area contributed by atoms with Crippen LogP contribution in [0.2, 0.25) is 0 Å². The summed E-state index contributed by atoms with van der Waals surface area (Å²) in [6.45, 7) is 0.0681. The topological polar surface area (TPSA) is 46.6 Å². The number of carbonyl (C=O) groups excluding carboxylic acids is 2. The summed E-state index contributed by atoms with van der Waals surface area (Å²) in [5.41, 5.74) is 0.501. The summed E-state index contributed by atoms with van der Waals surface area (Å²) >= 11 is 0. The number of hydrogen-bond acceptors (Lipinski definition) is 3. The molecule has 1 saturated heterocycles. The van der Waals surface area contributed by atoms with Crippen LogP contribution in [-0.2, 0) is 16.1 Å². The van der Waals surface area contributed by atoms with Gasteiger partial charge in [0.1, 0.15) is 11.6 Å². The van der Waals surface area contributed by atoms with Crippen molar-refractivity contribution >= 4 is 11.8 Å². The number of nitrogens with zero attached hydrogens (tertiary/aromatic N) is 1. The Morgan fingerprint density at radius 3 is 2.56 bits per heavy atom. The first kappa shape index (κ1) is 12.5. The van der Waals surface area contributed by atoms with Crippen molar-refractivity contribution in [1.29, 1.82) is 0 Å². The third kappa shape index (κ3) is 2.50. The molecule has 0 aliphatic carbocycles. The Morgan fingerprint density at radius 1 is 1.28 bits per heavy atom. The molecule has 1 aromatic rings. The lowest BCUT2D eigenvalue weighted by molar-refractivity contribution is -0.148. The van der Waals surface area contributed by atoms with Crippen molar-refractivity contribution in [2.75, 3.05) is 7.11 Å². The van der Waals surface area contributed by atoms with Crippen molar-refractivity contribution in [1.82, 2.24) is 4.90 Å². The predicted molar refractivity (Wildman–Crippen MR) is 62.4 cm³/mol. The Labute approximate surface area is 104 Å². The molecular formula is C13H14FNO3. The van der Waals surface area contributed by atoms with E-state index in [9.17, 15) is 14.0 Å². The lowest BCUT2D eigenvalue weighted by Crippen LogP contribution is -2.39. The van der Waals surface area contributed by atoms with Gasteiger partial charge in [-0.2, -0.15) is 0 Å². The second kappa shape index (κ2) is 5.16. The number of halogens is 1. The molecule has 1 fully saturated rings. The number of methoxy groups -OCH3 is 1. The van der Waals surface area contributed by atoms with Crippen LogP contribution in [0.1, 0.15) is 24.8 Å². The van der Waals surface area contributed by atoms with E-state index in [4.69, 9.17) is 4.74 Å². The minimum absolute atomic E-state index is 0.0681. The first-order valence-corrected chi connectivity index (χ1v) is 5.77. The van der Waals surface area contributed by atoms with Crippen molar-refractivity contribution in [2.45, 2.75) is 25.8 Å². The number of hydrogen-bond donors (Lipinski definition) is 0. The van der Waals surface area contributed by atoms with Crippen LogP contribution < -0.4 is 4.74 Å². The first-order valence-electron chi connectivity index (χ1n) is 5.77. The summed E-state index contributed by atoms with van der Waals surface area (Å²) in [4.78, 5) is 24.5. The zero-order valence-electron chi connectivity index (χ0n) is 10.1. The molecule has 0 aromatic heterocycles. The predicted octanol–water partition coefficient (Wildman–Crippen LogP) is 1.87. The van der Waals surface area contributed by atoms with Crippen LogP contribution >= 0.6 is 0 Å². The minimum atomic E-state index is -0.414. The number of imide groups is 1. The molecule has 2 rings (SSSR count). The van der Waals surface area contributed by atoms with Gasteiger partial charge < -0.3 is 4.74 Å². The largest absolute Gasteiger partial charge is 0.496 e. The molecule has 5 heteroatoms. The molecule has 0 saturated carbocycles. The van der Waals surface area contributed by atoms with Crippen molar-refractivity contribution in [3.05, 3.63) is 29.6 Å². The molecule has 1 aliphatic rings. The third-order valence-electron chi connectivity index (χ3n) is 2.95. The summed E-state index contributed by atoms with van der Waals surface area (Å²) in [6.07, 6.45) is 1.32. The average Bonchev–Trinajstić information content (AvgIpc) is 2.34. The highest BCUT2D eigenvalue weighted by molar-refractivity contribution is 5.97. The lowest BCUT2D eigenvalue weighted by Gasteiger charge is -2.25. The minimum Gasteiger partial charge on any atom is -0.496 e. The summed E-state index contributed by atoms with van der Waals surface area (Å²) in [6, 6.07) is 4.06. The molecule has 18 heavy (non-hydrogen) atoms. The van der Waals surface area contributed by atoms with E-state index in [0.717, 1.165) is 0 Å². The van der Waals surface area contributed by atoms with Crippen LogP contribution in [0.3, 0.4) is 0 Å². The molecule has 0 spiro atoms. The van der Waals surface area contributed by atoms with Crippen molar-refractivity contribution in [3.8, 4) is 5.75 Å². The first-order chi connectivity index (χ1) is 8.61. The summed E-state index contributed by atoms with van der Waals surface area (Å²) in [7, 11) is 1.47. The fourth-order valence-corrected chi connectivity index (χ4v) is 2.02. The van der Waals surface area contributed by atoms with Crippen molar-refractivity contribution in [2.24, 2.45) is 0 Å². The van der Waals surface area contributed by atoms with Gasteiger partial charge in [0.15, 0.2) is 0 Å². The van der Waals surface area contributed by atoms with Gasteiger partial charge in [-0.3, -0.25) is 14.5 Å². The molecule has 0 unspecified atom stereocenters. The third-order valence-corrected chi connectivity index (χ3v) is 2.95. The van der Waals surface area contributed by atoms with E-state index in [0.29, 0.717) is 30.6 Å². The van der Waals surface area contributed by atoms with Crippen LogP contribution in [-0.4, -0.2) is 23.8 Å². The lowest BCUT2D eigenvalue weighted by atomic mass is 10.1. The van der Waals surface area contributed by atoms with Crippen molar-refractivity contribution < 1.29 is 18.7 Å². The Bertz CT molecular complexity index is 471. The Balaban J connectivity index is 2.24. The van der Waals surface area contributed by atoms with Gasteiger partial charge in [0.05, 0.1) is 13.7 Å². The molecule has 0 N–H and O–H groups in total. The molecule has 2 amide bonds. The highest BCUT2D eigenvalue weighted by Gasteiger charge is 2.26. The number of benzene rings is 1. The molecular weight excluding hydrogens is 237 g/mol. The van der Waals surface area contributed by atoms with Gasteiger partial charge in [-0.25, -0.2) is 4.39 Å². The number of piperidine rings is 1. The Hall–Kier alpha value is -1.91. The maximum atomic E-state index is 13.2. The van der Waals surface area contributed by atoms with Crippen LogP contribution in [0.25, 0.3) is 0 Å². The standard InChI is InChI=1S/C13H14FNO3/c1-18-11-6-5-10(14)7-9(11)8-15-12(16)3-2-4-13(15)17/h5-7H,2-4,8H2,1H3. The molecule has 1 heterocycles. The van der Waals surface area contributed by atoms with Crippen LogP contribution in [0, 0.1) is 5.82 Å². The summed E-state index contributed by atoms with van der Waals surface area (Å²) in [5.74, 6) is -0.361. The quantitative estimate of drug-likeness (QED) is 0.770. The van der Waals surface area contributed by atoms with E-state index in [2.05, 4.69) is 0 Å². The molecule has 0 atom stereocenters. The summed E-state index contributed by atoms with van der Waals surface area (Å²) in [5, 5.41) is 0. The van der Waals surface area contributed by atoms with Gasteiger partial charge in [-0.1, -0.05) is 0 Å². The van der Waals surface area contributed by atoms with E-state index >= 15 is 0 Å². The van der Waals surface area contributed by atoms with Crippen LogP contribution in [0.15, 0.2) is 18.2 Å². The van der Waals surface area contributed by atoms with Gasteiger partial charge in [0, 0.05) is 18.4 Å². The van der Waals surface area contributed by atoms with Gasteiger partial charge in [0.2, 0.25) is 11.8 Å². The van der Waals surface area contributed by atoms with Crippen LogP contribution in [0.4, 0.5) is 4.39 Å². The monoisotopic (exact) mass is 251 g/mol. The number of likely N-dealkylation sites (tertiary alicyclic amines) is 1. The number of amides is 2. The fraction of sp³-hybridized carbons (Fsp3) is 0.385. The average molecular weight is 251 g/mol. The van der Waals surface area contributed by atoms with E-state index in [1.54, 1.807) is 0 Å². The normalized spacial score (nSPS) is 16.0. The second-order valence-electron chi connectivity index (χ2n) is 4.18. The molecule has 1 aromatic carbocycles. The smallest absolute Gasteiger partial charge is 0.229 e. The summed E-state index contributed by atoms with van der Waals surface area (Å²) < 4.78 is 18.3. The van der Waals surface area contributed by atoms with E-state index in [1.165, 1.54) is 30.2 Å². The van der Waals surface area contributed by atoms with Gasteiger partial charge in [-0.15, -0.1) is 0 Å². The maximum Gasteiger partial charge on any atom is 0.229 e. The number of rotatable bonds is 3. The highest BCUT2D eigenvalue weighted by Crippen LogP contribution is 2.23. The van der Waals surface area contributed by atoms with Crippen LogP contribution in [0.5, 0.6) is 5.75 Å². The van der Waals surface area contributed by atoms with Gasteiger partial charge in [0.25, 0.3) is 0 Å². The van der Waals surface area contributed by atoms with Gasteiger partial charge in [-0.05, 0) is 24.6 Å². The molecule has 0 bridgehead atoms. The molecule has 96 valence electrons. The Kier molecular flexibility index (Phi) is 3.60. The van der Waals surface area contributed by atoms with Crippen molar-refractivity contribution in [3.63, 3.8) is 0 Å². The SMILES string of the molecule is COc1ccc(F)cc1CN1C(=O)CCCC1=O. The van der Waals surface area contributed by atoms with E-state index in [-0.39, 0.29) is 18.4 Å². The zero-order valence-corrected chi connectivity index (χ0v) is 10.1. The fourth-order valence-electron chi connectivity index (χ4n) is 2.02. The molecule has 4 nitrogen and oxygen atoms in total. The van der Waals surface area contributed by atoms with E-state index < -0.39 is 5.82 Å². The molecule has 0 radical (unpaired) electrons. The number of ether oxygens (including phenoxy) is 1. The molecule has 1 aliphatic heterocycles. The van der Waals surface area contributed by atoms with Gasteiger partial charge >= 0.3 is 0 Å². The Morgan fingerprint density at radius 2 is 1.94 bits per heavy atom. The zero-order chi connectivity index (χ0) is 13.1. The van der Waals surface area contributed by atoms with E-state index in [1.807, 2.05) is 0 Å².